The van der Waals surface area contributed by atoms with Gasteiger partial charge in [-0.3, -0.25) is 14.5 Å². The van der Waals surface area contributed by atoms with E-state index in [2.05, 4.69) is 0 Å². The Morgan fingerprint density at radius 1 is 1.24 bits per heavy atom. The zero-order chi connectivity index (χ0) is 15.6. The van der Waals surface area contributed by atoms with Crippen LogP contribution in [-0.2, 0) is 4.79 Å². The van der Waals surface area contributed by atoms with Gasteiger partial charge in [-0.2, -0.15) is 0 Å². The van der Waals surface area contributed by atoms with Crippen LogP contribution in [-0.4, -0.2) is 40.9 Å². The van der Waals surface area contributed by atoms with E-state index in [4.69, 9.17) is 5.11 Å². The Bertz CT molecular complexity index is 542. The number of carboxylic acids is 1. The van der Waals surface area contributed by atoms with Crippen molar-refractivity contribution in [1.29, 1.82) is 0 Å². The minimum absolute atomic E-state index is 0.112. The average molecular weight is 289 g/mol. The second kappa shape index (κ2) is 6.39. The van der Waals surface area contributed by atoms with Crippen molar-refractivity contribution in [3.8, 4) is 0 Å². The van der Waals surface area contributed by atoms with Crippen LogP contribution in [0.4, 0.5) is 0 Å². The summed E-state index contributed by atoms with van der Waals surface area (Å²) in [6.45, 7) is 7.25. The lowest BCUT2D eigenvalue weighted by atomic mass is 9.95. The number of nitrogens with zero attached hydrogens (tertiary/aromatic N) is 1. The third kappa shape index (κ3) is 3.50. The van der Waals surface area contributed by atoms with Crippen molar-refractivity contribution in [2.24, 2.45) is 0 Å². The van der Waals surface area contributed by atoms with Gasteiger partial charge in [-0.1, -0.05) is 17.7 Å². The Balaban J connectivity index is 2.04. The van der Waals surface area contributed by atoms with Crippen LogP contribution in [0.5, 0.6) is 0 Å². The molecule has 0 aliphatic carbocycles. The highest BCUT2D eigenvalue weighted by Crippen LogP contribution is 2.21. The summed E-state index contributed by atoms with van der Waals surface area (Å²) in [7, 11) is 0. The van der Waals surface area contributed by atoms with Crippen molar-refractivity contribution in [1.82, 2.24) is 4.90 Å². The third-order valence-corrected chi connectivity index (χ3v) is 4.23. The first-order valence-electron chi connectivity index (χ1n) is 7.48. The summed E-state index contributed by atoms with van der Waals surface area (Å²) < 4.78 is 0. The standard InChI is InChI=1S/C17H23NO3/c1-11-9-12(2)16(13(3)10-11)15(19)6-8-18-7-4-5-14(18)17(20)21/h9-10,14H,4-8H2,1-3H3,(H,20,21). The summed E-state index contributed by atoms with van der Waals surface area (Å²) in [5.74, 6) is -0.663. The average Bonchev–Trinajstić information content (AvgIpc) is 2.83. The number of benzene rings is 1. The third-order valence-electron chi connectivity index (χ3n) is 4.23. The monoisotopic (exact) mass is 289 g/mol. The predicted molar refractivity (Wildman–Crippen MR) is 81.8 cm³/mol. The molecule has 1 atom stereocenters. The molecular weight excluding hydrogens is 266 g/mol. The normalized spacial score (nSPS) is 18.9. The Morgan fingerprint density at radius 3 is 2.43 bits per heavy atom. The number of carboxylic acid groups (broad SMARTS) is 1. The van der Waals surface area contributed by atoms with Gasteiger partial charge in [-0.25, -0.2) is 0 Å². The van der Waals surface area contributed by atoms with E-state index < -0.39 is 12.0 Å². The van der Waals surface area contributed by atoms with Gasteiger partial charge in [-0.05, 0) is 51.3 Å². The number of carbonyl (C=O) groups excluding carboxylic acids is 1. The first-order valence-corrected chi connectivity index (χ1v) is 7.48. The van der Waals surface area contributed by atoms with E-state index in [0.717, 1.165) is 35.2 Å². The molecule has 1 heterocycles. The fraction of sp³-hybridized carbons (Fsp3) is 0.529. The molecule has 21 heavy (non-hydrogen) atoms. The highest BCUT2D eigenvalue weighted by atomic mass is 16.4. The summed E-state index contributed by atoms with van der Waals surface area (Å²) in [6, 6.07) is 3.63. The number of Topliss-reactive ketones (excluding diaryl/α,β-unsaturated/α-hetero) is 1. The molecule has 0 spiro atoms. The van der Waals surface area contributed by atoms with Crippen LogP contribution in [0.1, 0.15) is 46.3 Å². The van der Waals surface area contributed by atoms with Crippen LogP contribution in [0.25, 0.3) is 0 Å². The minimum atomic E-state index is -0.775. The molecule has 0 radical (unpaired) electrons. The van der Waals surface area contributed by atoms with Gasteiger partial charge in [0.25, 0.3) is 0 Å². The van der Waals surface area contributed by atoms with E-state index in [9.17, 15) is 9.59 Å². The topological polar surface area (TPSA) is 57.6 Å². The fourth-order valence-electron chi connectivity index (χ4n) is 3.36. The minimum Gasteiger partial charge on any atom is -0.480 e. The Kier molecular flexibility index (Phi) is 4.78. The number of carbonyl (C=O) groups is 2. The first-order chi connectivity index (χ1) is 9.90. The van der Waals surface area contributed by atoms with Crippen LogP contribution >= 0.6 is 0 Å². The van der Waals surface area contributed by atoms with Gasteiger partial charge in [0.2, 0.25) is 0 Å². The number of hydrogen-bond acceptors (Lipinski definition) is 3. The zero-order valence-electron chi connectivity index (χ0n) is 13.0. The lowest BCUT2D eigenvalue weighted by molar-refractivity contribution is -0.142. The second-order valence-electron chi connectivity index (χ2n) is 5.98. The number of hydrogen-bond donors (Lipinski definition) is 1. The second-order valence-corrected chi connectivity index (χ2v) is 5.98. The lowest BCUT2D eigenvalue weighted by Crippen LogP contribution is -2.37. The molecule has 114 valence electrons. The van der Waals surface area contributed by atoms with Crippen molar-refractivity contribution in [3.63, 3.8) is 0 Å². The molecule has 4 nitrogen and oxygen atoms in total. The van der Waals surface area contributed by atoms with Crippen LogP contribution in [0.3, 0.4) is 0 Å². The van der Waals surface area contributed by atoms with Crippen molar-refractivity contribution in [2.75, 3.05) is 13.1 Å². The predicted octanol–water partition coefficient (Wildman–Crippen LogP) is 2.73. The molecule has 1 aliphatic heterocycles. The van der Waals surface area contributed by atoms with Gasteiger partial charge in [0.15, 0.2) is 5.78 Å². The van der Waals surface area contributed by atoms with Gasteiger partial charge in [0.1, 0.15) is 6.04 Å². The van der Waals surface area contributed by atoms with Gasteiger partial charge in [0, 0.05) is 18.5 Å². The summed E-state index contributed by atoms with van der Waals surface area (Å²) in [5.41, 5.74) is 3.97. The number of aryl methyl sites for hydroxylation is 3. The summed E-state index contributed by atoms with van der Waals surface area (Å²) in [6.07, 6.45) is 1.97. The molecule has 1 N–H and O–H groups in total. The molecule has 0 aromatic heterocycles. The largest absolute Gasteiger partial charge is 0.480 e. The highest BCUT2D eigenvalue weighted by Gasteiger charge is 2.30. The molecule has 1 aliphatic rings. The maximum absolute atomic E-state index is 12.5. The number of ketones is 1. The van der Waals surface area contributed by atoms with E-state index in [-0.39, 0.29) is 5.78 Å². The van der Waals surface area contributed by atoms with Crippen LogP contribution in [0.15, 0.2) is 12.1 Å². The molecular formula is C17H23NO3. The molecule has 1 fully saturated rings. The summed E-state index contributed by atoms with van der Waals surface area (Å²) in [4.78, 5) is 25.5. The van der Waals surface area contributed by atoms with Crippen molar-refractivity contribution in [3.05, 3.63) is 34.4 Å². The van der Waals surface area contributed by atoms with E-state index in [0.29, 0.717) is 19.4 Å². The van der Waals surface area contributed by atoms with Crippen molar-refractivity contribution in [2.45, 2.75) is 46.1 Å². The molecule has 1 saturated heterocycles. The molecule has 2 rings (SSSR count). The smallest absolute Gasteiger partial charge is 0.320 e. The molecule has 4 heteroatoms. The fourth-order valence-corrected chi connectivity index (χ4v) is 3.36. The SMILES string of the molecule is Cc1cc(C)c(C(=O)CCN2CCCC2C(=O)O)c(C)c1. The van der Waals surface area contributed by atoms with Gasteiger partial charge in [-0.15, -0.1) is 0 Å². The number of rotatable bonds is 5. The van der Waals surface area contributed by atoms with Gasteiger partial charge >= 0.3 is 5.97 Å². The Hall–Kier alpha value is -1.68. The quantitative estimate of drug-likeness (QED) is 0.847. The molecule has 1 aromatic rings. The van der Waals surface area contributed by atoms with E-state index in [1.165, 1.54) is 0 Å². The van der Waals surface area contributed by atoms with E-state index in [1.54, 1.807) is 0 Å². The maximum atomic E-state index is 12.5. The van der Waals surface area contributed by atoms with E-state index >= 15 is 0 Å². The molecule has 0 bridgehead atoms. The maximum Gasteiger partial charge on any atom is 0.320 e. The van der Waals surface area contributed by atoms with Crippen LogP contribution < -0.4 is 0 Å². The van der Waals surface area contributed by atoms with Gasteiger partial charge < -0.3 is 5.11 Å². The molecule has 0 saturated carbocycles. The Morgan fingerprint density at radius 2 is 1.86 bits per heavy atom. The van der Waals surface area contributed by atoms with Crippen molar-refractivity contribution < 1.29 is 14.7 Å². The van der Waals surface area contributed by atoms with Crippen molar-refractivity contribution >= 4 is 11.8 Å². The lowest BCUT2D eigenvalue weighted by Gasteiger charge is -2.20. The first kappa shape index (κ1) is 15.7. The Labute approximate surface area is 125 Å². The molecule has 1 aromatic carbocycles. The molecule has 0 amide bonds. The van der Waals surface area contributed by atoms with Gasteiger partial charge in [0.05, 0.1) is 0 Å². The molecule has 1 unspecified atom stereocenters. The van der Waals surface area contributed by atoms with E-state index in [1.807, 2.05) is 37.8 Å². The summed E-state index contributed by atoms with van der Waals surface area (Å²) in [5, 5.41) is 9.16. The number of likely N-dealkylation sites (tertiary alicyclic amines) is 1. The zero-order valence-corrected chi connectivity index (χ0v) is 13.0. The van der Waals surface area contributed by atoms with Crippen LogP contribution in [0.2, 0.25) is 0 Å². The summed E-state index contributed by atoms with van der Waals surface area (Å²) >= 11 is 0. The van der Waals surface area contributed by atoms with Crippen LogP contribution in [0, 0.1) is 20.8 Å². The highest BCUT2D eigenvalue weighted by molar-refractivity contribution is 5.99. The number of aliphatic carboxylic acids is 1.